The van der Waals surface area contributed by atoms with E-state index in [1.54, 1.807) is 13.0 Å². The Hall–Kier alpha value is -2.71. The molecule has 0 fully saturated rings. The highest BCUT2D eigenvalue weighted by atomic mass is 79.9. The van der Waals surface area contributed by atoms with Crippen molar-refractivity contribution in [1.82, 2.24) is 4.98 Å². The van der Waals surface area contributed by atoms with E-state index in [0.29, 0.717) is 27.9 Å². The van der Waals surface area contributed by atoms with Crippen molar-refractivity contribution < 1.29 is 19.5 Å². The fourth-order valence-electron chi connectivity index (χ4n) is 2.57. The Morgan fingerprint density at radius 2 is 2.12 bits per heavy atom. The molecule has 0 unspecified atom stereocenters. The van der Waals surface area contributed by atoms with Crippen LogP contribution in [0.4, 0.5) is 5.69 Å². The van der Waals surface area contributed by atoms with Gasteiger partial charge < -0.3 is 20.0 Å². The number of aryl methyl sites for hydroxylation is 2. The molecular weight excluding hydrogens is 402 g/mol. The van der Waals surface area contributed by atoms with Crippen LogP contribution in [-0.2, 0) is 6.61 Å². The summed E-state index contributed by atoms with van der Waals surface area (Å²) in [6, 6.07) is 6.90. The zero-order chi connectivity index (χ0) is 18.8. The van der Waals surface area contributed by atoms with Crippen molar-refractivity contribution in [2.45, 2.75) is 20.5 Å². The monoisotopic (exact) mass is 417 g/mol. The summed E-state index contributed by atoms with van der Waals surface area (Å²) in [4.78, 5) is 16.8. The second kappa shape index (κ2) is 7.27. The van der Waals surface area contributed by atoms with Crippen molar-refractivity contribution in [3.05, 3.63) is 62.9 Å². The van der Waals surface area contributed by atoms with Gasteiger partial charge in [-0.05, 0) is 48.8 Å². The Kier molecular flexibility index (Phi) is 5.06. The van der Waals surface area contributed by atoms with Gasteiger partial charge in [-0.25, -0.2) is 0 Å². The molecule has 0 aliphatic rings. The van der Waals surface area contributed by atoms with Crippen molar-refractivity contribution in [3.63, 3.8) is 0 Å². The van der Waals surface area contributed by atoms with Gasteiger partial charge in [0.15, 0.2) is 5.58 Å². The zero-order valence-corrected chi connectivity index (χ0v) is 15.7. The molecule has 0 aliphatic heterocycles. The highest BCUT2D eigenvalue weighted by Crippen LogP contribution is 2.22. The third kappa shape index (κ3) is 3.33. The number of aliphatic hydroxyl groups excluding tert-OH is 1. The Labute approximate surface area is 157 Å². The number of carbonyl (C=O) groups excluding carboxylic acids is 1. The molecule has 0 bridgehead atoms. The van der Waals surface area contributed by atoms with E-state index < -0.39 is 5.91 Å². The number of amides is 1. The van der Waals surface area contributed by atoms with E-state index >= 15 is 0 Å². The number of aromatic nitrogens is 1. The highest BCUT2D eigenvalue weighted by molar-refractivity contribution is 9.10. The van der Waals surface area contributed by atoms with Gasteiger partial charge in [-0.3, -0.25) is 9.78 Å². The highest BCUT2D eigenvalue weighted by Gasteiger charge is 2.16. The first-order valence-corrected chi connectivity index (χ1v) is 8.52. The van der Waals surface area contributed by atoms with E-state index in [2.05, 4.69) is 31.4 Å². The van der Waals surface area contributed by atoms with Gasteiger partial charge in [0, 0.05) is 27.3 Å². The predicted molar refractivity (Wildman–Crippen MR) is 98.9 cm³/mol. The summed E-state index contributed by atoms with van der Waals surface area (Å²) >= 11 is 3.41. The molecule has 2 aromatic heterocycles. The molecule has 0 aliphatic carbocycles. The summed E-state index contributed by atoms with van der Waals surface area (Å²) in [6.07, 6.45) is 1.52. The van der Waals surface area contributed by atoms with Gasteiger partial charge in [0.05, 0.1) is 12.3 Å². The van der Waals surface area contributed by atoms with Crippen LogP contribution >= 0.6 is 15.9 Å². The third-order valence-corrected chi connectivity index (χ3v) is 4.86. The molecule has 0 saturated heterocycles. The molecule has 3 N–H and O–H groups in total. The summed E-state index contributed by atoms with van der Waals surface area (Å²) in [5.41, 5.74) is 2.77. The number of carbonyl (C=O) groups is 1. The van der Waals surface area contributed by atoms with E-state index in [1.165, 1.54) is 12.3 Å². The summed E-state index contributed by atoms with van der Waals surface area (Å²) in [6.45, 7) is 3.36. The molecule has 2 heterocycles. The van der Waals surface area contributed by atoms with Crippen molar-refractivity contribution in [1.29, 1.82) is 0 Å². The molecule has 1 amide bonds. The average Bonchev–Trinajstić information content (AvgIpc) is 2.64. The van der Waals surface area contributed by atoms with Crippen molar-refractivity contribution in [2.24, 2.45) is 5.16 Å². The number of anilines is 1. The predicted octanol–water partition coefficient (Wildman–Crippen LogP) is 3.24. The van der Waals surface area contributed by atoms with Crippen LogP contribution in [0.25, 0.3) is 11.0 Å². The molecule has 3 aromatic rings. The summed E-state index contributed by atoms with van der Waals surface area (Å²) < 4.78 is 6.49. The minimum Gasteiger partial charge on any atom is -0.433 e. The third-order valence-electron chi connectivity index (χ3n) is 3.97. The molecule has 134 valence electrons. The van der Waals surface area contributed by atoms with Crippen LogP contribution in [-0.4, -0.2) is 21.2 Å². The number of halogens is 1. The first kappa shape index (κ1) is 18.1. The molecule has 0 spiro atoms. The first-order valence-electron chi connectivity index (χ1n) is 7.73. The summed E-state index contributed by atoms with van der Waals surface area (Å²) in [5.74, 6) is -0.497. The second-order valence-corrected chi connectivity index (χ2v) is 6.61. The van der Waals surface area contributed by atoms with E-state index in [-0.39, 0.29) is 17.7 Å². The average molecular weight is 418 g/mol. The maximum atomic E-state index is 12.7. The zero-order valence-electron chi connectivity index (χ0n) is 14.1. The maximum Gasteiger partial charge on any atom is 0.268 e. The maximum absolute atomic E-state index is 12.7. The number of aliphatic hydroxyl groups is 1. The Bertz CT molecular complexity index is 1080. The van der Waals surface area contributed by atoms with Gasteiger partial charge in [-0.2, -0.15) is 0 Å². The molecule has 3 rings (SSSR count). The van der Waals surface area contributed by atoms with Crippen LogP contribution in [0.3, 0.4) is 0 Å². The van der Waals surface area contributed by atoms with Crippen LogP contribution < -0.4 is 10.9 Å². The van der Waals surface area contributed by atoms with Crippen LogP contribution in [0, 0.1) is 13.8 Å². The van der Waals surface area contributed by atoms with Crippen LogP contribution in [0.2, 0.25) is 0 Å². The smallest absolute Gasteiger partial charge is 0.268 e. The lowest BCUT2D eigenvalue weighted by molar-refractivity contribution is 0.102. The topological polar surface area (TPSA) is 108 Å². The molecule has 8 heteroatoms. The van der Waals surface area contributed by atoms with E-state index in [0.717, 1.165) is 10.0 Å². The fourth-order valence-corrected chi connectivity index (χ4v) is 2.82. The van der Waals surface area contributed by atoms with Gasteiger partial charge >= 0.3 is 0 Å². The quantitative estimate of drug-likeness (QED) is 0.447. The van der Waals surface area contributed by atoms with E-state index in [1.807, 2.05) is 19.1 Å². The Morgan fingerprint density at radius 3 is 2.77 bits per heavy atom. The standard InChI is InChI=1S/C18H16BrN3O4/c1-9-5-12(3-4-15(9)19)21-17(24)14-6-13-11(8-23)7-20-10(2)16(13)26-18(14)22-25/h3-7,23,25H,8H2,1-2H3,(H,21,24)/b22-18+. The lowest BCUT2D eigenvalue weighted by atomic mass is 10.1. The molecule has 7 nitrogen and oxygen atoms in total. The number of benzene rings is 1. The molecule has 0 radical (unpaired) electrons. The lowest BCUT2D eigenvalue weighted by Crippen LogP contribution is -2.22. The summed E-state index contributed by atoms with van der Waals surface area (Å²) in [7, 11) is 0. The minimum atomic E-state index is -0.497. The van der Waals surface area contributed by atoms with E-state index in [9.17, 15) is 15.1 Å². The molecule has 0 saturated carbocycles. The minimum absolute atomic E-state index is 0.0425. The number of hydrogen-bond donors (Lipinski definition) is 3. The number of hydrogen-bond acceptors (Lipinski definition) is 6. The normalized spacial score (nSPS) is 11.8. The molecule has 0 atom stereocenters. The number of nitrogens with zero attached hydrogens (tertiary/aromatic N) is 2. The summed E-state index contributed by atoms with van der Waals surface area (Å²) in [5, 5.41) is 25.1. The van der Waals surface area contributed by atoms with Gasteiger partial charge in [0.1, 0.15) is 5.56 Å². The number of pyridine rings is 1. The SMILES string of the molecule is Cc1cc(NC(=O)c2cc3c(CO)cnc(C)c3o/c2=N/O)ccc1Br. The molecule has 1 aromatic carbocycles. The van der Waals surface area contributed by atoms with Crippen LogP contribution in [0.5, 0.6) is 0 Å². The van der Waals surface area contributed by atoms with Crippen molar-refractivity contribution in [3.8, 4) is 0 Å². The molecular formula is C18H16BrN3O4. The van der Waals surface area contributed by atoms with Gasteiger partial charge in [0.2, 0.25) is 0 Å². The largest absolute Gasteiger partial charge is 0.433 e. The second-order valence-electron chi connectivity index (χ2n) is 5.75. The lowest BCUT2D eigenvalue weighted by Gasteiger charge is -2.10. The number of nitrogens with one attached hydrogen (secondary N) is 1. The van der Waals surface area contributed by atoms with Gasteiger partial charge in [-0.15, -0.1) is 0 Å². The van der Waals surface area contributed by atoms with Crippen molar-refractivity contribution >= 4 is 38.5 Å². The van der Waals surface area contributed by atoms with Crippen LogP contribution in [0.15, 0.2) is 44.5 Å². The molecule has 26 heavy (non-hydrogen) atoms. The fraction of sp³-hybridized carbons (Fsp3) is 0.167. The van der Waals surface area contributed by atoms with Gasteiger partial charge in [0.25, 0.3) is 11.5 Å². The van der Waals surface area contributed by atoms with Crippen LogP contribution in [0.1, 0.15) is 27.2 Å². The Balaban J connectivity index is 2.11. The number of fused-ring (bicyclic) bond motifs is 1. The number of rotatable bonds is 3. The Morgan fingerprint density at radius 1 is 1.35 bits per heavy atom. The van der Waals surface area contributed by atoms with E-state index in [4.69, 9.17) is 4.42 Å². The van der Waals surface area contributed by atoms with Gasteiger partial charge in [-0.1, -0.05) is 15.9 Å². The van der Waals surface area contributed by atoms with Crippen molar-refractivity contribution in [2.75, 3.05) is 5.32 Å². The first-order chi connectivity index (χ1) is 12.4.